The lowest BCUT2D eigenvalue weighted by Gasteiger charge is -2.20. The van der Waals surface area contributed by atoms with Crippen molar-refractivity contribution >= 4 is 29.1 Å². The Morgan fingerprint density at radius 1 is 1.33 bits per heavy atom. The summed E-state index contributed by atoms with van der Waals surface area (Å²) in [5.74, 6) is -0.0538. The SMILES string of the molecule is Cc1nc2c(c(-c3ccc(Cl)cc3Cl)c1CO)C(=O)N(C[C@@H]1CCCN1)C2. The summed E-state index contributed by atoms with van der Waals surface area (Å²) in [7, 11) is 0. The Balaban J connectivity index is 1.82. The fourth-order valence-corrected chi connectivity index (χ4v) is 4.57. The smallest absolute Gasteiger partial charge is 0.256 e. The molecule has 2 aliphatic heterocycles. The van der Waals surface area contributed by atoms with Gasteiger partial charge in [-0.25, -0.2) is 0 Å². The van der Waals surface area contributed by atoms with Crippen molar-refractivity contribution in [2.45, 2.75) is 39.0 Å². The molecule has 1 fully saturated rings. The third-order valence-electron chi connectivity index (χ3n) is 5.38. The van der Waals surface area contributed by atoms with Crippen LogP contribution in [0.5, 0.6) is 0 Å². The quantitative estimate of drug-likeness (QED) is 0.815. The van der Waals surface area contributed by atoms with Crippen LogP contribution < -0.4 is 5.32 Å². The van der Waals surface area contributed by atoms with Gasteiger partial charge in [-0.2, -0.15) is 0 Å². The molecule has 0 radical (unpaired) electrons. The first-order chi connectivity index (χ1) is 13.0. The van der Waals surface area contributed by atoms with E-state index < -0.39 is 0 Å². The van der Waals surface area contributed by atoms with Gasteiger partial charge in [-0.1, -0.05) is 29.3 Å². The number of amides is 1. The van der Waals surface area contributed by atoms with Crippen LogP contribution in [-0.4, -0.2) is 40.0 Å². The van der Waals surface area contributed by atoms with Crippen molar-refractivity contribution in [1.82, 2.24) is 15.2 Å². The maximum Gasteiger partial charge on any atom is 0.256 e. The molecule has 142 valence electrons. The molecule has 1 saturated heterocycles. The molecule has 2 aliphatic rings. The zero-order valence-electron chi connectivity index (χ0n) is 15.1. The van der Waals surface area contributed by atoms with Crippen molar-refractivity contribution in [1.29, 1.82) is 0 Å². The number of aliphatic hydroxyl groups is 1. The summed E-state index contributed by atoms with van der Waals surface area (Å²) in [6.45, 7) is 3.79. The average Bonchev–Trinajstić information content (AvgIpc) is 3.23. The number of carbonyl (C=O) groups excluding carboxylic acids is 1. The Kier molecular flexibility index (Phi) is 5.12. The van der Waals surface area contributed by atoms with Crippen molar-refractivity contribution in [2.24, 2.45) is 0 Å². The van der Waals surface area contributed by atoms with Crippen molar-refractivity contribution in [3.63, 3.8) is 0 Å². The van der Waals surface area contributed by atoms with Crippen LogP contribution in [-0.2, 0) is 13.2 Å². The first kappa shape index (κ1) is 18.7. The van der Waals surface area contributed by atoms with Crippen molar-refractivity contribution in [2.75, 3.05) is 13.1 Å². The maximum atomic E-state index is 13.2. The number of pyridine rings is 1. The van der Waals surface area contributed by atoms with E-state index in [9.17, 15) is 9.90 Å². The molecule has 7 heteroatoms. The monoisotopic (exact) mass is 405 g/mol. The van der Waals surface area contributed by atoms with Crippen molar-refractivity contribution in [3.8, 4) is 11.1 Å². The molecule has 1 amide bonds. The molecule has 1 aromatic carbocycles. The van der Waals surface area contributed by atoms with E-state index in [4.69, 9.17) is 23.2 Å². The zero-order valence-corrected chi connectivity index (χ0v) is 16.6. The maximum absolute atomic E-state index is 13.2. The van der Waals surface area contributed by atoms with Gasteiger partial charge in [0.15, 0.2) is 0 Å². The standard InChI is InChI=1S/C20H21Cl2N3O2/c1-11-15(10-26)18(14-5-4-12(21)7-16(14)22)19-17(24-11)9-25(20(19)27)8-13-3-2-6-23-13/h4-5,7,13,23,26H,2-3,6,8-10H2,1H3/t13-/m0/s1. The fraction of sp³-hybridized carbons (Fsp3) is 0.400. The van der Waals surface area contributed by atoms with E-state index in [1.54, 1.807) is 18.2 Å². The molecule has 5 nitrogen and oxygen atoms in total. The number of nitrogens with one attached hydrogen (secondary N) is 1. The van der Waals surface area contributed by atoms with Crippen LogP contribution in [0.2, 0.25) is 10.0 Å². The molecule has 27 heavy (non-hydrogen) atoms. The van der Waals surface area contributed by atoms with Crippen molar-refractivity contribution < 1.29 is 9.90 Å². The number of benzene rings is 1. The molecule has 2 N–H and O–H groups in total. The number of carbonyl (C=O) groups is 1. The van der Waals surface area contributed by atoms with Gasteiger partial charge in [-0.05, 0) is 38.4 Å². The molecule has 3 heterocycles. The number of nitrogens with zero attached hydrogens (tertiary/aromatic N) is 2. The molecule has 0 spiro atoms. The van der Waals surface area contributed by atoms with E-state index in [0.717, 1.165) is 25.1 Å². The second-order valence-corrected chi connectivity index (χ2v) is 7.98. The third-order valence-corrected chi connectivity index (χ3v) is 5.93. The molecule has 0 unspecified atom stereocenters. The van der Waals surface area contributed by atoms with Crippen molar-refractivity contribution in [3.05, 3.63) is 50.8 Å². The first-order valence-corrected chi connectivity index (χ1v) is 9.86. The minimum absolute atomic E-state index is 0.0538. The predicted molar refractivity (Wildman–Crippen MR) is 106 cm³/mol. The molecule has 1 aromatic heterocycles. The minimum atomic E-state index is -0.210. The Morgan fingerprint density at radius 2 is 2.15 bits per heavy atom. The summed E-state index contributed by atoms with van der Waals surface area (Å²) in [5.41, 5.74) is 4.01. The van der Waals surface area contributed by atoms with Gasteiger partial charge < -0.3 is 15.3 Å². The van der Waals surface area contributed by atoms with E-state index in [0.29, 0.717) is 57.1 Å². The summed E-state index contributed by atoms with van der Waals surface area (Å²) in [6.07, 6.45) is 2.21. The summed E-state index contributed by atoms with van der Waals surface area (Å²) in [5, 5.41) is 14.4. The molecule has 4 rings (SSSR count). The number of halogens is 2. The molecule has 0 bridgehead atoms. The number of rotatable bonds is 4. The third kappa shape index (κ3) is 3.34. The van der Waals surface area contributed by atoms with Gasteiger partial charge in [0.2, 0.25) is 0 Å². The second kappa shape index (κ2) is 7.40. The molecule has 1 atom stereocenters. The lowest BCUT2D eigenvalue weighted by Crippen LogP contribution is -2.37. The molecule has 0 aliphatic carbocycles. The molecule has 2 aromatic rings. The largest absolute Gasteiger partial charge is 0.392 e. The summed E-state index contributed by atoms with van der Waals surface area (Å²) >= 11 is 12.5. The van der Waals surface area contributed by atoms with E-state index >= 15 is 0 Å². The Labute approximate surface area is 168 Å². The van der Waals surface area contributed by atoms with Crippen LogP contribution in [0.3, 0.4) is 0 Å². The number of fused-ring (bicyclic) bond motifs is 1. The normalized spacial score (nSPS) is 19.0. The predicted octanol–water partition coefficient (Wildman–Crippen LogP) is 3.56. The zero-order chi connectivity index (χ0) is 19.1. The van der Waals surface area contributed by atoms with Gasteiger partial charge in [0.25, 0.3) is 5.91 Å². The lowest BCUT2D eigenvalue weighted by molar-refractivity contribution is 0.0765. The second-order valence-electron chi connectivity index (χ2n) is 7.13. The highest BCUT2D eigenvalue weighted by Crippen LogP contribution is 2.40. The first-order valence-electron chi connectivity index (χ1n) is 9.11. The van der Waals surface area contributed by atoms with Crippen LogP contribution in [0.25, 0.3) is 11.1 Å². The topological polar surface area (TPSA) is 65.5 Å². The fourth-order valence-electron chi connectivity index (χ4n) is 4.07. The number of hydrogen-bond donors (Lipinski definition) is 2. The number of aryl methyl sites for hydroxylation is 1. The van der Waals surface area contributed by atoms with Gasteiger partial charge in [0, 0.05) is 45.0 Å². The minimum Gasteiger partial charge on any atom is -0.392 e. The van der Waals surface area contributed by atoms with E-state index in [1.165, 1.54) is 0 Å². The van der Waals surface area contributed by atoms with Gasteiger partial charge >= 0.3 is 0 Å². The summed E-state index contributed by atoms with van der Waals surface area (Å²) in [6, 6.07) is 5.52. The van der Waals surface area contributed by atoms with E-state index in [2.05, 4.69) is 10.3 Å². The van der Waals surface area contributed by atoms with Gasteiger partial charge in [-0.15, -0.1) is 0 Å². The Hall–Kier alpha value is -1.66. The molecular formula is C20H21Cl2N3O2. The lowest BCUT2D eigenvalue weighted by atomic mass is 9.93. The van der Waals surface area contributed by atoms with Gasteiger partial charge in [0.1, 0.15) is 0 Å². The van der Waals surface area contributed by atoms with E-state index in [-0.39, 0.29) is 12.5 Å². The Bertz CT molecular complexity index is 911. The Morgan fingerprint density at radius 3 is 2.81 bits per heavy atom. The highest BCUT2D eigenvalue weighted by Gasteiger charge is 2.35. The van der Waals surface area contributed by atoms with Crippen LogP contribution in [0.15, 0.2) is 18.2 Å². The van der Waals surface area contributed by atoms with E-state index in [1.807, 2.05) is 11.8 Å². The number of aromatic nitrogens is 1. The van der Waals surface area contributed by atoms with Crippen LogP contribution in [0.1, 0.15) is 40.2 Å². The number of hydrogen-bond acceptors (Lipinski definition) is 4. The number of aliphatic hydroxyl groups excluding tert-OH is 1. The summed E-state index contributed by atoms with van der Waals surface area (Å²) in [4.78, 5) is 19.7. The summed E-state index contributed by atoms with van der Waals surface area (Å²) < 4.78 is 0. The van der Waals surface area contributed by atoms with Crippen LogP contribution in [0, 0.1) is 6.92 Å². The highest BCUT2D eigenvalue weighted by molar-refractivity contribution is 6.36. The van der Waals surface area contributed by atoms with Crippen LogP contribution in [0.4, 0.5) is 0 Å². The van der Waals surface area contributed by atoms with Gasteiger partial charge in [-0.3, -0.25) is 9.78 Å². The highest BCUT2D eigenvalue weighted by atomic mass is 35.5. The molecular weight excluding hydrogens is 385 g/mol. The average molecular weight is 406 g/mol. The van der Waals surface area contributed by atoms with Gasteiger partial charge in [0.05, 0.1) is 24.4 Å². The molecule has 0 saturated carbocycles. The van der Waals surface area contributed by atoms with Crippen LogP contribution >= 0.6 is 23.2 Å².